The van der Waals surface area contributed by atoms with Crippen molar-refractivity contribution in [3.63, 3.8) is 0 Å². The number of carbonyl (C=O) groups is 1. The van der Waals surface area contributed by atoms with Crippen LogP contribution in [0.5, 0.6) is 5.75 Å². The Bertz CT molecular complexity index is 2170. The zero-order chi connectivity index (χ0) is 32.4. The maximum Gasteiger partial charge on any atom is 0.338 e. The minimum atomic E-state index is -0.802. The van der Waals surface area contributed by atoms with E-state index in [4.69, 9.17) is 37.7 Å². The first-order chi connectivity index (χ1) is 22.2. The van der Waals surface area contributed by atoms with Crippen LogP contribution in [0.1, 0.15) is 35.2 Å². The summed E-state index contributed by atoms with van der Waals surface area (Å²) in [6, 6.07) is 27.1. The summed E-state index contributed by atoms with van der Waals surface area (Å²) in [5.41, 5.74) is 3.40. The molecule has 0 saturated heterocycles. The van der Waals surface area contributed by atoms with Gasteiger partial charge in [-0.1, -0.05) is 111 Å². The van der Waals surface area contributed by atoms with Crippen molar-refractivity contribution in [2.75, 3.05) is 6.61 Å². The molecule has 0 unspecified atom stereocenters. The number of nitrogens with zero attached hydrogens (tertiary/aromatic N) is 2. The van der Waals surface area contributed by atoms with Gasteiger partial charge in [0.15, 0.2) is 4.80 Å². The zero-order valence-electron chi connectivity index (χ0n) is 24.2. The highest BCUT2D eigenvalue weighted by Crippen LogP contribution is 2.36. The molecule has 6 nitrogen and oxygen atoms in total. The number of halogens is 4. The van der Waals surface area contributed by atoms with Crippen LogP contribution in [0.3, 0.4) is 0 Å². The van der Waals surface area contributed by atoms with Crippen molar-refractivity contribution < 1.29 is 14.3 Å². The average Bonchev–Trinajstić information content (AvgIpc) is 3.35. The van der Waals surface area contributed by atoms with E-state index in [1.54, 1.807) is 29.7 Å². The number of rotatable bonds is 8. The molecule has 11 heteroatoms. The SMILES string of the molecule is CCOC(=O)C1=C(c2ccccc2)N=c2s/c(=C\c3cc(Br)cc(I)c3OCc3ccccc3Cl)c(=O)n2[C@H]1c1ccc(Cl)cc1. The van der Waals surface area contributed by atoms with Crippen molar-refractivity contribution in [1.82, 2.24) is 4.57 Å². The number of benzene rings is 4. The van der Waals surface area contributed by atoms with Gasteiger partial charge < -0.3 is 9.47 Å². The van der Waals surface area contributed by atoms with Crippen molar-refractivity contribution in [2.24, 2.45) is 4.99 Å². The van der Waals surface area contributed by atoms with E-state index in [1.165, 1.54) is 11.3 Å². The predicted octanol–water partition coefficient (Wildman–Crippen LogP) is 8.19. The summed E-state index contributed by atoms with van der Waals surface area (Å²) in [5, 5.41) is 1.15. The normalized spacial score (nSPS) is 14.5. The topological polar surface area (TPSA) is 69.9 Å². The van der Waals surface area contributed by atoms with Crippen LogP contribution >= 0.6 is 73.1 Å². The van der Waals surface area contributed by atoms with Gasteiger partial charge in [-0.25, -0.2) is 9.79 Å². The molecule has 1 aliphatic heterocycles. The Labute approximate surface area is 300 Å². The molecular formula is C35H24BrCl2IN2O4S. The number of carbonyl (C=O) groups excluding carboxylic acids is 1. The van der Waals surface area contributed by atoms with Crippen molar-refractivity contribution in [1.29, 1.82) is 0 Å². The standard InChI is InChI=1S/C35H24BrCl2IN2O4S/c1-2-44-34(43)29-30(20-8-4-3-5-9-20)40-35-41(31(29)21-12-14-25(37)15-13-21)33(42)28(46-35)17-23-16-24(36)18-27(39)32(23)45-19-22-10-6-7-11-26(22)38/h3-18,31H,2,19H2,1H3/b28-17-/t31-/m0/s1. The molecule has 0 saturated carbocycles. The van der Waals surface area contributed by atoms with Gasteiger partial charge in [-0.3, -0.25) is 9.36 Å². The third kappa shape index (κ3) is 6.75. The molecule has 5 aromatic rings. The smallest absolute Gasteiger partial charge is 0.338 e. The minimum Gasteiger partial charge on any atom is -0.487 e. The Morgan fingerprint density at radius 2 is 1.76 bits per heavy atom. The monoisotopic (exact) mass is 844 g/mol. The molecule has 1 atom stereocenters. The number of hydrogen-bond acceptors (Lipinski definition) is 6. The second-order valence-electron chi connectivity index (χ2n) is 10.2. The Morgan fingerprint density at radius 1 is 1.04 bits per heavy atom. The van der Waals surface area contributed by atoms with Crippen LogP contribution in [-0.2, 0) is 16.1 Å². The minimum absolute atomic E-state index is 0.167. The second kappa shape index (κ2) is 14.3. The van der Waals surface area contributed by atoms with Gasteiger partial charge in [0, 0.05) is 31.2 Å². The molecule has 0 radical (unpaired) electrons. The number of thiazole rings is 1. The molecule has 0 fully saturated rings. The Morgan fingerprint density at radius 3 is 2.48 bits per heavy atom. The summed E-state index contributed by atoms with van der Waals surface area (Å²) in [5.74, 6) is 0.0668. The molecule has 46 heavy (non-hydrogen) atoms. The van der Waals surface area contributed by atoms with Crippen LogP contribution in [-0.4, -0.2) is 17.1 Å². The third-order valence-corrected chi connectivity index (χ3v) is 10.1. The molecule has 0 bridgehead atoms. The van der Waals surface area contributed by atoms with E-state index in [0.29, 0.717) is 42.0 Å². The highest BCUT2D eigenvalue weighted by molar-refractivity contribution is 14.1. The number of esters is 1. The van der Waals surface area contributed by atoms with E-state index < -0.39 is 12.0 Å². The largest absolute Gasteiger partial charge is 0.487 e. The number of hydrogen-bond donors (Lipinski definition) is 0. The number of fused-ring (bicyclic) bond motifs is 1. The third-order valence-electron chi connectivity index (χ3n) is 7.21. The van der Waals surface area contributed by atoms with E-state index in [-0.39, 0.29) is 24.3 Å². The van der Waals surface area contributed by atoms with Crippen LogP contribution < -0.4 is 19.6 Å². The molecule has 232 valence electrons. The van der Waals surface area contributed by atoms with Crippen LogP contribution in [0.4, 0.5) is 0 Å². The molecule has 0 N–H and O–H groups in total. The number of aromatic nitrogens is 1. The lowest BCUT2D eigenvalue weighted by Gasteiger charge is -2.26. The van der Waals surface area contributed by atoms with Crippen LogP contribution in [0.25, 0.3) is 11.8 Å². The number of ether oxygens (including phenoxy) is 2. The summed E-state index contributed by atoms with van der Waals surface area (Å²) >= 11 is 19.7. The van der Waals surface area contributed by atoms with Crippen molar-refractivity contribution in [3.8, 4) is 5.75 Å². The molecule has 0 spiro atoms. The molecule has 4 aromatic carbocycles. The lowest BCUT2D eigenvalue weighted by Crippen LogP contribution is -2.40. The van der Waals surface area contributed by atoms with E-state index in [9.17, 15) is 9.59 Å². The Balaban J connectivity index is 1.56. The van der Waals surface area contributed by atoms with Crippen molar-refractivity contribution >= 4 is 90.8 Å². The summed E-state index contributed by atoms with van der Waals surface area (Å²) in [6.45, 7) is 2.16. The fourth-order valence-corrected chi connectivity index (χ4v) is 8.16. The highest BCUT2D eigenvalue weighted by atomic mass is 127. The molecule has 1 aromatic heterocycles. The molecule has 0 aliphatic carbocycles. The van der Waals surface area contributed by atoms with Gasteiger partial charge in [0.1, 0.15) is 12.4 Å². The maximum absolute atomic E-state index is 14.4. The van der Waals surface area contributed by atoms with Crippen molar-refractivity contribution in [2.45, 2.75) is 19.6 Å². The van der Waals surface area contributed by atoms with Gasteiger partial charge in [-0.2, -0.15) is 0 Å². The van der Waals surface area contributed by atoms with Crippen LogP contribution in [0, 0.1) is 3.57 Å². The molecule has 0 amide bonds. The van der Waals surface area contributed by atoms with Crippen LogP contribution in [0.15, 0.2) is 111 Å². The summed E-state index contributed by atoms with van der Waals surface area (Å²) in [7, 11) is 0. The summed E-state index contributed by atoms with van der Waals surface area (Å²) in [4.78, 5) is 33.4. The highest BCUT2D eigenvalue weighted by Gasteiger charge is 2.35. The van der Waals surface area contributed by atoms with Gasteiger partial charge in [0.05, 0.1) is 32.0 Å². The fraction of sp³-hybridized carbons (Fsp3) is 0.114. The van der Waals surface area contributed by atoms with Gasteiger partial charge in [0.2, 0.25) is 0 Å². The molecular weight excluding hydrogens is 822 g/mol. The first-order valence-electron chi connectivity index (χ1n) is 14.1. The lowest BCUT2D eigenvalue weighted by molar-refractivity contribution is -0.138. The Hall–Kier alpha value is -3.22. The van der Waals surface area contributed by atoms with E-state index >= 15 is 0 Å². The zero-order valence-corrected chi connectivity index (χ0v) is 30.2. The van der Waals surface area contributed by atoms with E-state index in [1.807, 2.05) is 78.9 Å². The van der Waals surface area contributed by atoms with E-state index in [2.05, 4.69) is 38.5 Å². The van der Waals surface area contributed by atoms with Gasteiger partial charge in [-0.15, -0.1) is 0 Å². The first-order valence-corrected chi connectivity index (χ1v) is 17.6. The molecule has 1 aliphatic rings. The quantitative estimate of drug-likeness (QED) is 0.117. The maximum atomic E-state index is 14.4. The first kappa shape index (κ1) is 32.7. The molecule has 2 heterocycles. The van der Waals surface area contributed by atoms with E-state index in [0.717, 1.165) is 19.2 Å². The predicted molar refractivity (Wildman–Crippen MR) is 195 cm³/mol. The van der Waals surface area contributed by atoms with Gasteiger partial charge in [0.25, 0.3) is 5.56 Å². The van der Waals surface area contributed by atoms with Crippen molar-refractivity contribution in [3.05, 3.63) is 157 Å². The van der Waals surface area contributed by atoms with Gasteiger partial charge >= 0.3 is 5.97 Å². The van der Waals surface area contributed by atoms with Crippen LogP contribution in [0.2, 0.25) is 10.0 Å². The average molecular weight is 846 g/mol. The lowest BCUT2D eigenvalue weighted by atomic mass is 9.93. The second-order valence-corrected chi connectivity index (χ2v) is 14.1. The summed E-state index contributed by atoms with van der Waals surface area (Å²) in [6.07, 6.45) is 1.80. The molecule has 6 rings (SSSR count). The Kier molecular flexibility index (Phi) is 10.1. The summed E-state index contributed by atoms with van der Waals surface area (Å²) < 4.78 is 15.5. The van der Waals surface area contributed by atoms with Gasteiger partial charge in [-0.05, 0) is 71.5 Å². The fourth-order valence-electron chi connectivity index (χ4n) is 5.15.